The predicted octanol–water partition coefficient (Wildman–Crippen LogP) is 4.71. The molecule has 2 aromatic carbocycles. The van der Waals surface area contributed by atoms with Crippen LogP contribution >= 0.6 is 11.6 Å². The maximum absolute atomic E-state index is 14.1. The van der Waals surface area contributed by atoms with Gasteiger partial charge in [-0.25, -0.2) is 12.8 Å². The molecule has 0 aromatic heterocycles. The Labute approximate surface area is 135 Å². The van der Waals surface area contributed by atoms with E-state index in [-0.39, 0.29) is 21.5 Å². The average Bonchev–Trinajstić information content (AvgIpc) is 2.41. The van der Waals surface area contributed by atoms with Gasteiger partial charge < -0.3 is 0 Å². The van der Waals surface area contributed by atoms with Crippen LogP contribution in [0, 0.1) is 12.7 Å². The second-order valence-electron chi connectivity index (χ2n) is 5.38. The molecule has 0 radical (unpaired) electrons. The molecule has 0 bridgehead atoms. The second-order valence-corrected chi connectivity index (χ2v) is 7.44. The highest BCUT2D eigenvalue weighted by Crippen LogP contribution is 2.29. The standard InChI is InChI=1S/C16H17ClFNO2S/c1-10(2)12-9-15(14(18)8-11(12)3)19-22(20,21)16-7-5-4-6-13(16)17/h4-10,19H,1-3H3. The van der Waals surface area contributed by atoms with Gasteiger partial charge in [-0.1, -0.05) is 37.6 Å². The number of benzene rings is 2. The van der Waals surface area contributed by atoms with Crippen molar-refractivity contribution in [2.75, 3.05) is 4.72 Å². The Hall–Kier alpha value is -1.59. The third-order valence-electron chi connectivity index (χ3n) is 3.35. The van der Waals surface area contributed by atoms with E-state index in [2.05, 4.69) is 4.72 Å². The van der Waals surface area contributed by atoms with Crippen LogP contribution in [-0.4, -0.2) is 8.42 Å². The van der Waals surface area contributed by atoms with E-state index >= 15 is 0 Å². The fourth-order valence-electron chi connectivity index (χ4n) is 2.25. The first kappa shape index (κ1) is 16.8. The van der Waals surface area contributed by atoms with E-state index in [1.54, 1.807) is 19.1 Å². The Kier molecular flexibility index (Phi) is 4.78. The molecule has 2 aromatic rings. The highest BCUT2D eigenvalue weighted by atomic mass is 35.5. The summed E-state index contributed by atoms with van der Waals surface area (Å²) in [6.45, 7) is 5.73. The lowest BCUT2D eigenvalue weighted by atomic mass is 9.97. The summed E-state index contributed by atoms with van der Waals surface area (Å²) in [5.74, 6) is -0.457. The van der Waals surface area contributed by atoms with Crippen LogP contribution in [0.1, 0.15) is 30.9 Å². The van der Waals surface area contributed by atoms with Gasteiger partial charge >= 0.3 is 0 Å². The number of hydrogen-bond acceptors (Lipinski definition) is 2. The number of aryl methyl sites for hydroxylation is 1. The molecular formula is C16H17ClFNO2S. The first-order valence-electron chi connectivity index (χ1n) is 6.79. The molecule has 0 saturated heterocycles. The average molecular weight is 342 g/mol. The molecule has 0 aliphatic rings. The second kappa shape index (κ2) is 6.26. The molecule has 0 atom stereocenters. The minimum atomic E-state index is -3.94. The lowest BCUT2D eigenvalue weighted by Gasteiger charge is -2.15. The predicted molar refractivity (Wildman–Crippen MR) is 87.5 cm³/mol. The minimum Gasteiger partial charge on any atom is -0.277 e. The van der Waals surface area contributed by atoms with Crippen molar-refractivity contribution in [3.8, 4) is 0 Å². The summed E-state index contributed by atoms with van der Waals surface area (Å²) in [4.78, 5) is -0.0808. The van der Waals surface area contributed by atoms with Crippen LogP contribution in [0.25, 0.3) is 0 Å². The van der Waals surface area contributed by atoms with Gasteiger partial charge in [-0.2, -0.15) is 0 Å². The Morgan fingerprint density at radius 3 is 2.41 bits per heavy atom. The monoisotopic (exact) mass is 341 g/mol. The molecule has 2 rings (SSSR count). The van der Waals surface area contributed by atoms with Gasteiger partial charge in [0.05, 0.1) is 10.7 Å². The SMILES string of the molecule is Cc1cc(F)c(NS(=O)(=O)c2ccccc2Cl)cc1C(C)C. The minimum absolute atomic E-state index is 0.0748. The first-order chi connectivity index (χ1) is 10.2. The number of sulfonamides is 1. The molecule has 6 heteroatoms. The van der Waals surface area contributed by atoms with Crippen LogP contribution in [0.4, 0.5) is 10.1 Å². The molecule has 0 spiro atoms. The zero-order valence-electron chi connectivity index (χ0n) is 12.5. The maximum Gasteiger partial charge on any atom is 0.263 e. The third kappa shape index (κ3) is 3.42. The first-order valence-corrected chi connectivity index (χ1v) is 8.66. The van der Waals surface area contributed by atoms with Gasteiger partial charge in [-0.05, 0) is 48.2 Å². The molecule has 0 saturated carbocycles. The van der Waals surface area contributed by atoms with Crippen molar-refractivity contribution >= 4 is 27.3 Å². The van der Waals surface area contributed by atoms with Crippen LogP contribution in [0.5, 0.6) is 0 Å². The summed E-state index contributed by atoms with van der Waals surface area (Å²) >= 11 is 5.91. The largest absolute Gasteiger partial charge is 0.277 e. The smallest absolute Gasteiger partial charge is 0.263 e. The van der Waals surface area contributed by atoms with Crippen molar-refractivity contribution in [3.05, 3.63) is 58.4 Å². The summed E-state index contributed by atoms with van der Waals surface area (Å²) in [5, 5.41) is 0.0894. The highest BCUT2D eigenvalue weighted by Gasteiger charge is 2.20. The molecule has 118 valence electrons. The fourth-order valence-corrected chi connectivity index (χ4v) is 3.83. The normalized spacial score (nSPS) is 11.7. The number of rotatable bonds is 4. The van der Waals surface area contributed by atoms with Gasteiger partial charge in [0.1, 0.15) is 10.7 Å². The van der Waals surface area contributed by atoms with Crippen LogP contribution in [0.2, 0.25) is 5.02 Å². The van der Waals surface area contributed by atoms with Crippen LogP contribution in [0.3, 0.4) is 0 Å². The van der Waals surface area contributed by atoms with Crippen LogP contribution in [0.15, 0.2) is 41.3 Å². The fraction of sp³-hybridized carbons (Fsp3) is 0.250. The summed E-state index contributed by atoms with van der Waals surface area (Å²) in [7, 11) is -3.94. The third-order valence-corrected chi connectivity index (χ3v) is 5.21. The summed E-state index contributed by atoms with van der Waals surface area (Å²) in [5.41, 5.74) is 1.60. The van der Waals surface area contributed by atoms with E-state index < -0.39 is 15.8 Å². The van der Waals surface area contributed by atoms with Crippen molar-refractivity contribution in [1.29, 1.82) is 0 Å². The van der Waals surface area contributed by atoms with E-state index in [1.165, 1.54) is 24.3 Å². The van der Waals surface area contributed by atoms with Gasteiger partial charge in [0.15, 0.2) is 0 Å². The van der Waals surface area contributed by atoms with Gasteiger partial charge in [0, 0.05) is 0 Å². The van der Waals surface area contributed by atoms with Gasteiger partial charge in [-0.3, -0.25) is 4.72 Å². The van der Waals surface area contributed by atoms with E-state index in [1.807, 2.05) is 13.8 Å². The Morgan fingerprint density at radius 2 is 1.82 bits per heavy atom. The Balaban J connectivity index is 2.47. The van der Waals surface area contributed by atoms with Crippen molar-refractivity contribution in [1.82, 2.24) is 0 Å². The van der Waals surface area contributed by atoms with E-state index in [9.17, 15) is 12.8 Å². The van der Waals surface area contributed by atoms with Gasteiger partial charge in [0.2, 0.25) is 0 Å². The van der Waals surface area contributed by atoms with E-state index in [4.69, 9.17) is 11.6 Å². The lowest BCUT2D eigenvalue weighted by molar-refractivity contribution is 0.598. The number of hydrogen-bond donors (Lipinski definition) is 1. The van der Waals surface area contributed by atoms with Gasteiger partial charge in [0.25, 0.3) is 10.0 Å². The van der Waals surface area contributed by atoms with Gasteiger partial charge in [-0.15, -0.1) is 0 Å². The zero-order chi connectivity index (χ0) is 16.5. The molecule has 3 nitrogen and oxygen atoms in total. The Morgan fingerprint density at radius 1 is 1.18 bits per heavy atom. The van der Waals surface area contributed by atoms with Crippen LogP contribution in [-0.2, 0) is 10.0 Å². The highest BCUT2D eigenvalue weighted by molar-refractivity contribution is 7.92. The molecule has 22 heavy (non-hydrogen) atoms. The molecule has 0 fully saturated rings. The number of nitrogens with one attached hydrogen (secondary N) is 1. The zero-order valence-corrected chi connectivity index (χ0v) is 14.1. The molecule has 0 aliphatic heterocycles. The van der Waals surface area contributed by atoms with Crippen molar-refractivity contribution in [3.63, 3.8) is 0 Å². The molecular weight excluding hydrogens is 325 g/mol. The van der Waals surface area contributed by atoms with Crippen molar-refractivity contribution in [2.24, 2.45) is 0 Å². The molecule has 0 amide bonds. The number of halogens is 2. The summed E-state index contributed by atoms with van der Waals surface area (Å²) in [6.07, 6.45) is 0. The molecule has 0 heterocycles. The van der Waals surface area contributed by atoms with Crippen molar-refractivity contribution < 1.29 is 12.8 Å². The molecule has 0 aliphatic carbocycles. The van der Waals surface area contributed by atoms with Crippen molar-refractivity contribution in [2.45, 2.75) is 31.6 Å². The topological polar surface area (TPSA) is 46.2 Å². The van der Waals surface area contributed by atoms with Crippen LogP contribution < -0.4 is 4.72 Å². The lowest BCUT2D eigenvalue weighted by Crippen LogP contribution is -2.15. The summed E-state index contributed by atoms with van der Waals surface area (Å²) in [6, 6.07) is 8.90. The Bertz CT molecular complexity index is 804. The van der Waals surface area contributed by atoms with E-state index in [0.717, 1.165) is 11.1 Å². The quantitative estimate of drug-likeness (QED) is 0.875. The molecule has 1 N–H and O–H groups in total. The molecule has 0 unspecified atom stereocenters. The maximum atomic E-state index is 14.1. The summed E-state index contributed by atoms with van der Waals surface area (Å²) < 4.78 is 41.1. The number of anilines is 1. The van der Waals surface area contributed by atoms with E-state index in [0.29, 0.717) is 0 Å².